The predicted octanol–water partition coefficient (Wildman–Crippen LogP) is 4.95. The summed E-state index contributed by atoms with van der Waals surface area (Å²) in [6.07, 6.45) is 4.73. The van der Waals surface area contributed by atoms with E-state index in [9.17, 15) is 4.79 Å². The summed E-state index contributed by atoms with van der Waals surface area (Å²) in [7, 11) is 1.31. The largest absolute Gasteiger partial charge is 0.459 e. The van der Waals surface area contributed by atoms with E-state index in [1.807, 2.05) is 13.0 Å². The molecular formula is C28H24FN5O3. The van der Waals surface area contributed by atoms with Gasteiger partial charge in [0.15, 0.2) is 0 Å². The molecule has 2 aromatic carbocycles. The van der Waals surface area contributed by atoms with Crippen LogP contribution in [0.3, 0.4) is 0 Å². The SMILES string of the molecule is COC(=O)C#CC1CC1Cc1ccc(Oc2cc(F)c(Nc3ncnc4ccc(N)cc34)cc2C)cn1. The van der Waals surface area contributed by atoms with Crippen LogP contribution in [-0.2, 0) is 16.0 Å². The summed E-state index contributed by atoms with van der Waals surface area (Å²) in [5.74, 6) is 6.31. The minimum atomic E-state index is -0.520. The Kier molecular flexibility index (Phi) is 6.56. The van der Waals surface area contributed by atoms with Gasteiger partial charge in [-0.25, -0.2) is 19.2 Å². The number of nitrogens with one attached hydrogen (secondary N) is 1. The minimum Gasteiger partial charge on any atom is -0.459 e. The minimum absolute atomic E-state index is 0.187. The predicted molar refractivity (Wildman–Crippen MR) is 138 cm³/mol. The molecule has 1 aliphatic rings. The zero-order valence-electron chi connectivity index (χ0n) is 20.3. The maximum Gasteiger partial charge on any atom is 0.384 e. The Morgan fingerprint density at radius 3 is 2.84 bits per heavy atom. The number of hydrogen-bond donors (Lipinski definition) is 2. The molecule has 5 rings (SSSR count). The van der Waals surface area contributed by atoms with E-state index < -0.39 is 11.8 Å². The van der Waals surface area contributed by atoms with Crippen LogP contribution in [0.4, 0.5) is 21.6 Å². The van der Waals surface area contributed by atoms with Crippen LogP contribution in [-0.4, -0.2) is 28.0 Å². The second-order valence-corrected chi connectivity index (χ2v) is 8.88. The summed E-state index contributed by atoms with van der Waals surface area (Å²) in [5, 5.41) is 3.74. The van der Waals surface area contributed by atoms with Crippen molar-refractivity contribution in [1.29, 1.82) is 0 Å². The van der Waals surface area contributed by atoms with E-state index in [0.717, 1.165) is 24.1 Å². The first kappa shape index (κ1) is 24.0. The fourth-order valence-corrected chi connectivity index (χ4v) is 4.01. The number of anilines is 3. The first-order valence-corrected chi connectivity index (χ1v) is 11.7. The van der Waals surface area contributed by atoms with Crippen LogP contribution in [0.1, 0.15) is 17.7 Å². The molecule has 9 heteroatoms. The number of carbonyl (C=O) groups excluding carboxylic acids is 1. The maximum atomic E-state index is 15.0. The molecule has 186 valence electrons. The van der Waals surface area contributed by atoms with E-state index >= 15 is 4.39 Å². The second kappa shape index (κ2) is 10.1. The molecule has 0 spiro atoms. The summed E-state index contributed by atoms with van der Waals surface area (Å²) in [5.41, 5.74) is 9.06. The quantitative estimate of drug-likeness (QED) is 0.167. The molecule has 2 unspecified atom stereocenters. The molecule has 0 aliphatic heterocycles. The molecule has 0 bridgehead atoms. The molecule has 2 aromatic heterocycles. The number of aromatic nitrogens is 3. The Balaban J connectivity index is 1.25. The van der Waals surface area contributed by atoms with Gasteiger partial charge in [-0.2, -0.15) is 0 Å². The van der Waals surface area contributed by atoms with Gasteiger partial charge in [0.2, 0.25) is 0 Å². The summed E-state index contributed by atoms with van der Waals surface area (Å²) < 4.78 is 25.5. The topological polar surface area (TPSA) is 112 Å². The Morgan fingerprint density at radius 1 is 1.19 bits per heavy atom. The Bertz CT molecular complexity index is 1550. The van der Waals surface area contributed by atoms with Gasteiger partial charge in [0.25, 0.3) is 0 Å². The average molecular weight is 498 g/mol. The summed E-state index contributed by atoms with van der Waals surface area (Å²) in [4.78, 5) is 24.1. The van der Waals surface area contributed by atoms with Gasteiger partial charge in [-0.05, 0) is 67.6 Å². The van der Waals surface area contributed by atoms with Gasteiger partial charge in [0.05, 0.1) is 24.5 Å². The lowest BCUT2D eigenvalue weighted by Crippen LogP contribution is -2.00. The van der Waals surface area contributed by atoms with Crippen LogP contribution < -0.4 is 15.8 Å². The molecule has 0 amide bonds. The molecule has 3 N–H and O–H groups in total. The third-order valence-corrected chi connectivity index (χ3v) is 6.14. The highest BCUT2D eigenvalue weighted by Gasteiger charge is 2.36. The van der Waals surface area contributed by atoms with Gasteiger partial charge in [-0.15, -0.1) is 0 Å². The van der Waals surface area contributed by atoms with Crippen molar-refractivity contribution in [1.82, 2.24) is 15.0 Å². The lowest BCUT2D eigenvalue weighted by atomic mass is 10.1. The molecule has 1 fully saturated rings. The van der Waals surface area contributed by atoms with Gasteiger partial charge >= 0.3 is 5.97 Å². The summed E-state index contributed by atoms with van der Waals surface area (Å²) in [6, 6.07) is 12.0. The lowest BCUT2D eigenvalue weighted by molar-refractivity contribution is -0.133. The van der Waals surface area contributed by atoms with Crippen molar-refractivity contribution in [2.24, 2.45) is 11.8 Å². The third-order valence-electron chi connectivity index (χ3n) is 6.14. The zero-order valence-corrected chi connectivity index (χ0v) is 20.3. The number of aryl methyl sites for hydroxylation is 1. The van der Waals surface area contributed by atoms with E-state index in [1.54, 1.807) is 36.5 Å². The van der Waals surface area contributed by atoms with Crippen molar-refractivity contribution >= 4 is 34.1 Å². The van der Waals surface area contributed by atoms with Gasteiger partial charge in [-0.1, -0.05) is 5.92 Å². The van der Waals surface area contributed by atoms with Crippen molar-refractivity contribution in [3.05, 3.63) is 72.1 Å². The zero-order chi connectivity index (χ0) is 25.9. The van der Waals surface area contributed by atoms with E-state index in [1.165, 1.54) is 19.5 Å². The molecular weight excluding hydrogens is 473 g/mol. The highest BCUT2D eigenvalue weighted by Crippen LogP contribution is 2.40. The summed E-state index contributed by atoms with van der Waals surface area (Å²) in [6.45, 7) is 1.83. The third kappa shape index (κ3) is 5.59. The first-order chi connectivity index (χ1) is 17.9. The molecule has 0 radical (unpaired) electrons. The van der Waals surface area contributed by atoms with E-state index in [0.29, 0.717) is 39.8 Å². The second-order valence-electron chi connectivity index (χ2n) is 8.88. The average Bonchev–Trinajstić information content (AvgIpc) is 3.64. The molecule has 2 heterocycles. The number of ether oxygens (including phenoxy) is 2. The number of carbonyl (C=O) groups is 1. The Hall–Kier alpha value is -4.71. The van der Waals surface area contributed by atoms with Crippen LogP contribution in [0.2, 0.25) is 0 Å². The molecule has 37 heavy (non-hydrogen) atoms. The fraction of sp³-hybridized carbons (Fsp3) is 0.214. The van der Waals surface area contributed by atoms with Crippen molar-refractivity contribution in [2.75, 3.05) is 18.2 Å². The molecule has 4 aromatic rings. The molecule has 1 saturated carbocycles. The van der Waals surface area contributed by atoms with E-state index in [4.69, 9.17) is 10.5 Å². The number of pyridine rings is 1. The Morgan fingerprint density at radius 2 is 2.05 bits per heavy atom. The number of nitrogen functional groups attached to an aromatic ring is 1. The van der Waals surface area contributed by atoms with Gasteiger partial charge in [0, 0.05) is 34.7 Å². The van der Waals surface area contributed by atoms with E-state index in [-0.39, 0.29) is 11.6 Å². The van der Waals surface area contributed by atoms with Crippen LogP contribution in [0.25, 0.3) is 10.9 Å². The standard InChI is InChI=1S/C28H24FN5O3/c1-16-9-25(34-28-22-12-19(30)4-7-24(22)32-15-33-28)23(29)13-26(16)37-21-6-5-20(31-14-21)11-18-10-17(18)3-8-27(35)36-2/h4-7,9,12-15,17-18H,10-11,30H2,1-2H3,(H,32,33,34). The van der Waals surface area contributed by atoms with Crippen LogP contribution in [0.15, 0.2) is 55.0 Å². The van der Waals surface area contributed by atoms with Crippen molar-refractivity contribution in [2.45, 2.75) is 19.8 Å². The number of esters is 1. The van der Waals surface area contributed by atoms with Crippen molar-refractivity contribution < 1.29 is 18.7 Å². The van der Waals surface area contributed by atoms with Crippen LogP contribution in [0.5, 0.6) is 11.5 Å². The molecule has 1 aliphatic carbocycles. The smallest absolute Gasteiger partial charge is 0.384 e. The number of hydrogen-bond acceptors (Lipinski definition) is 8. The normalized spacial score (nSPS) is 16.0. The maximum absolute atomic E-state index is 15.0. The van der Waals surface area contributed by atoms with Gasteiger partial charge < -0.3 is 20.5 Å². The number of halogens is 1. The van der Waals surface area contributed by atoms with Gasteiger partial charge in [0.1, 0.15) is 29.5 Å². The number of methoxy groups -OCH3 is 1. The molecule has 0 saturated heterocycles. The molecule has 2 atom stereocenters. The fourth-order valence-electron chi connectivity index (χ4n) is 4.01. The van der Waals surface area contributed by atoms with Crippen molar-refractivity contribution in [3.8, 4) is 23.3 Å². The van der Waals surface area contributed by atoms with E-state index in [2.05, 4.69) is 36.8 Å². The van der Waals surface area contributed by atoms with Crippen LogP contribution >= 0.6 is 0 Å². The monoisotopic (exact) mass is 497 g/mol. The lowest BCUT2D eigenvalue weighted by Gasteiger charge is -2.14. The number of nitrogens with two attached hydrogens (primary N) is 1. The first-order valence-electron chi connectivity index (χ1n) is 11.7. The number of nitrogens with zero attached hydrogens (tertiary/aromatic N) is 3. The van der Waals surface area contributed by atoms with Gasteiger partial charge in [-0.3, -0.25) is 4.98 Å². The number of rotatable bonds is 6. The van der Waals surface area contributed by atoms with Crippen molar-refractivity contribution in [3.63, 3.8) is 0 Å². The highest BCUT2D eigenvalue weighted by atomic mass is 19.1. The molecule has 8 nitrogen and oxygen atoms in total. The Labute approximate surface area is 213 Å². The highest BCUT2D eigenvalue weighted by molar-refractivity contribution is 5.92. The number of fused-ring (bicyclic) bond motifs is 1. The van der Waals surface area contributed by atoms with Crippen LogP contribution in [0, 0.1) is 36.4 Å². The number of benzene rings is 2. The summed E-state index contributed by atoms with van der Waals surface area (Å²) >= 11 is 0.